The quantitative estimate of drug-likeness (QED) is 0.865. The number of likely N-dealkylation sites (tertiary alicyclic amines) is 1. The SMILES string of the molecule is N[C@@H]1CCCN(C(=O)c2cccc(Br)c2Cl)C1. The summed E-state index contributed by atoms with van der Waals surface area (Å²) in [7, 11) is 0. The Labute approximate surface area is 114 Å². The standard InChI is InChI=1S/C12H14BrClN2O/c13-10-5-1-4-9(11(10)14)12(17)16-6-2-3-8(15)7-16/h1,4-5,8H,2-3,6-7,15H2/t8-/m1/s1. The highest BCUT2D eigenvalue weighted by molar-refractivity contribution is 9.10. The summed E-state index contributed by atoms with van der Waals surface area (Å²) in [5, 5.41) is 0.469. The molecule has 0 aromatic heterocycles. The fourth-order valence-electron chi connectivity index (χ4n) is 2.03. The Morgan fingerprint density at radius 2 is 2.29 bits per heavy atom. The summed E-state index contributed by atoms with van der Waals surface area (Å²) >= 11 is 9.44. The van der Waals surface area contributed by atoms with Gasteiger partial charge in [-0.15, -0.1) is 0 Å². The van der Waals surface area contributed by atoms with Gasteiger partial charge in [-0.05, 0) is 40.9 Å². The zero-order valence-corrected chi connectivity index (χ0v) is 11.7. The number of halogens is 2. The van der Waals surface area contributed by atoms with E-state index in [1.165, 1.54) is 0 Å². The third kappa shape index (κ3) is 2.81. The second-order valence-electron chi connectivity index (χ2n) is 4.25. The molecule has 1 aromatic carbocycles. The van der Waals surface area contributed by atoms with E-state index in [4.69, 9.17) is 17.3 Å². The van der Waals surface area contributed by atoms with E-state index in [2.05, 4.69) is 15.9 Å². The molecule has 3 nitrogen and oxygen atoms in total. The van der Waals surface area contributed by atoms with Crippen molar-refractivity contribution >= 4 is 33.4 Å². The Morgan fingerprint density at radius 1 is 1.53 bits per heavy atom. The fourth-order valence-corrected chi connectivity index (χ4v) is 2.61. The molecule has 1 aliphatic heterocycles. The lowest BCUT2D eigenvalue weighted by molar-refractivity contribution is 0.0709. The highest BCUT2D eigenvalue weighted by Crippen LogP contribution is 2.27. The minimum atomic E-state index is -0.0357. The van der Waals surface area contributed by atoms with Crippen LogP contribution in [0.15, 0.2) is 22.7 Å². The Morgan fingerprint density at radius 3 is 3.00 bits per heavy atom. The number of nitrogens with zero attached hydrogens (tertiary/aromatic N) is 1. The first-order valence-corrected chi connectivity index (χ1v) is 6.75. The van der Waals surface area contributed by atoms with Crippen LogP contribution in [0.5, 0.6) is 0 Å². The second kappa shape index (κ2) is 5.38. The number of rotatable bonds is 1. The molecule has 17 heavy (non-hydrogen) atoms. The molecule has 1 amide bonds. The third-order valence-corrected chi connectivity index (χ3v) is 4.22. The predicted octanol–water partition coefficient (Wildman–Crippen LogP) is 2.67. The maximum atomic E-state index is 12.3. The molecule has 0 saturated carbocycles. The van der Waals surface area contributed by atoms with Crippen molar-refractivity contribution in [2.75, 3.05) is 13.1 Å². The van der Waals surface area contributed by atoms with Crippen molar-refractivity contribution in [2.24, 2.45) is 5.73 Å². The highest BCUT2D eigenvalue weighted by atomic mass is 79.9. The van der Waals surface area contributed by atoms with Gasteiger partial charge in [-0.3, -0.25) is 4.79 Å². The number of piperidine rings is 1. The topological polar surface area (TPSA) is 46.3 Å². The number of amides is 1. The van der Waals surface area contributed by atoms with Gasteiger partial charge in [-0.25, -0.2) is 0 Å². The third-order valence-electron chi connectivity index (χ3n) is 2.93. The van der Waals surface area contributed by atoms with Crippen molar-refractivity contribution < 1.29 is 4.79 Å². The molecule has 0 radical (unpaired) electrons. The number of hydrogen-bond acceptors (Lipinski definition) is 2. The largest absolute Gasteiger partial charge is 0.337 e. The summed E-state index contributed by atoms with van der Waals surface area (Å²) in [6, 6.07) is 5.46. The van der Waals surface area contributed by atoms with Crippen LogP contribution in [0.2, 0.25) is 5.02 Å². The number of carbonyl (C=O) groups is 1. The number of hydrogen-bond donors (Lipinski definition) is 1. The van der Waals surface area contributed by atoms with Gasteiger partial charge < -0.3 is 10.6 Å². The van der Waals surface area contributed by atoms with E-state index in [-0.39, 0.29) is 11.9 Å². The zero-order chi connectivity index (χ0) is 12.4. The molecule has 0 unspecified atom stereocenters. The molecule has 1 atom stereocenters. The molecule has 92 valence electrons. The normalized spacial score (nSPS) is 20.4. The summed E-state index contributed by atoms with van der Waals surface area (Å²) in [5.41, 5.74) is 6.41. The molecule has 0 bridgehead atoms. The summed E-state index contributed by atoms with van der Waals surface area (Å²) in [4.78, 5) is 14.1. The average Bonchev–Trinajstić information content (AvgIpc) is 2.32. The van der Waals surface area contributed by atoms with E-state index in [0.29, 0.717) is 17.1 Å². The lowest BCUT2D eigenvalue weighted by Crippen LogP contribution is -2.45. The Hall–Kier alpha value is -0.580. The van der Waals surface area contributed by atoms with E-state index < -0.39 is 0 Å². The van der Waals surface area contributed by atoms with E-state index in [1.54, 1.807) is 11.0 Å². The molecule has 2 rings (SSSR count). The lowest BCUT2D eigenvalue weighted by atomic mass is 10.1. The maximum Gasteiger partial charge on any atom is 0.255 e. The summed E-state index contributed by atoms with van der Waals surface area (Å²) < 4.78 is 0.742. The van der Waals surface area contributed by atoms with Crippen molar-refractivity contribution in [3.63, 3.8) is 0 Å². The first-order valence-electron chi connectivity index (χ1n) is 5.58. The first-order chi connectivity index (χ1) is 8.09. The van der Waals surface area contributed by atoms with E-state index in [9.17, 15) is 4.79 Å². The molecular formula is C12H14BrClN2O. The minimum absolute atomic E-state index is 0.0357. The van der Waals surface area contributed by atoms with Gasteiger partial charge in [0.1, 0.15) is 0 Å². The van der Waals surface area contributed by atoms with Crippen LogP contribution in [0.4, 0.5) is 0 Å². The van der Waals surface area contributed by atoms with Crippen LogP contribution < -0.4 is 5.73 Å². The number of nitrogens with two attached hydrogens (primary N) is 1. The van der Waals surface area contributed by atoms with Gasteiger partial charge in [-0.1, -0.05) is 17.7 Å². The van der Waals surface area contributed by atoms with E-state index >= 15 is 0 Å². The zero-order valence-electron chi connectivity index (χ0n) is 9.33. The molecule has 2 N–H and O–H groups in total. The Kier molecular flexibility index (Phi) is 4.07. The van der Waals surface area contributed by atoms with E-state index in [1.807, 2.05) is 12.1 Å². The minimum Gasteiger partial charge on any atom is -0.337 e. The first kappa shape index (κ1) is 12.9. The molecule has 1 aromatic rings. The summed E-state index contributed by atoms with van der Waals surface area (Å²) in [6.45, 7) is 1.37. The molecule has 0 spiro atoms. The molecule has 1 saturated heterocycles. The van der Waals surface area contributed by atoms with Gasteiger partial charge in [0.2, 0.25) is 0 Å². The van der Waals surface area contributed by atoms with Crippen molar-refractivity contribution in [1.82, 2.24) is 4.90 Å². The van der Waals surface area contributed by atoms with Crippen LogP contribution in [0.25, 0.3) is 0 Å². The van der Waals surface area contributed by atoms with Gasteiger partial charge in [0, 0.05) is 23.6 Å². The van der Waals surface area contributed by atoms with Crippen LogP contribution >= 0.6 is 27.5 Å². The summed E-state index contributed by atoms with van der Waals surface area (Å²) in [6.07, 6.45) is 1.94. The fraction of sp³-hybridized carbons (Fsp3) is 0.417. The maximum absolute atomic E-state index is 12.3. The van der Waals surface area contributed by atoms with Gasteiger partial charge in [-0.2, -0.15) is 0 Å². The Balaban J connectivity index is 2.22. The van der Waals surface area contributed by atoms with Gasteiger partial charge >= 0.3 is 0 Å². The Bertz CT molecular complexity index is 439. The molecule has 1 heterocycles. The smallest absolute Gasteiger partial charge is 0.255 e. The molecule has 1 fully saturated rings. The lowest BCUT2D eigenvalue weighted by Gasteiger charge is -2.31. The van der Waals surface area contributed by atoms with Crippen molar-refractivity contribution in [3.05, 3.63) is 33.3 Å². The van der Waals surface area contributed by atoms with Crippen LogP contribution in [0.3, 0.4) is 0 Å². The van der Waals surface area contributed by atoms with E-state index in [0.717, 1.165) is 23.9 Å². The molecule has 0 aliphatic carbocycles. The van der Waals surface area contributed by atoms with Crippen molar-refractivity contribution in [1.29, 1.82) is 0 Å². The molecule has 5 heteroatoms. The molecular weight excluding hydrogens is 304 g/mol. The number of carbonyl (C=O) groups excluding carboxylic acids is 1. The van der Waals surface area contributed by atoms with Crippen LogP contribution in [-0.2, 0) is 0 Å². The van der Waals surface area contributed by atoms with Gasteiger partial charge in [0.05, 0.1) is 10.6 Å². The monoisotopic (exact) mass is 316 g/mol. The van der Waals surface area contributed by atoms with Crippen molar-refractivity contribution in [3.8, 4) is 0 Å². The number of benzene rings is 1. The van der Waals surface area contributed by atoms with Gasteiger partial charge in [0.25, 0.3) is 5.91 Å². The van der Waals surface area contributed by atoms with Crippen LogP contribution in [0, 0.1) is 0 Å². The van der Waals surface area contributed by atoms with Gasteiger partial charge in [0.15, 0.2) is 0 Å². The summed E-state index contributed by atoms with van der Waals surface area (Å²) in [5.74, 6) is -0.0357. The second-order valence-corrected chi connectivity index (χ2v) is 5.49. The van der Waals surface area contributed by atoms with Crippen LogP contribution in [0.1, 0.15) is 23.2 Å². The molecule has 1 aliphatic rings. The van der Waals surface area contributed by atoms with Crippen LogP contribution in [-0.4, -0.2) is 29.9 Å². The average molecular weight is 318 g/mol. The predicted molar refractivity (Wildman–Crippen MR) is 72.3 cm³/mol. The highest BCUT2D eigenvalue weighted by Gasteiger charge is 2.24. The van der Waals surface area contributed by atoms with Crippen molar-refractivity contribution in [2.45, 2.75) is 18.9 Å².